The van der Waals surface area contributed by atoms with Gasteiger partial charge in [0.1, 0.15) is 6.33 Å². The summed E-state index contributed by atoms with van der Waals surface area (Å²) in [5, 5.41) is 3.45. The molecule has 10 nitrogen and oxygen atoms in total. The van der Waals surface area contributed by atoms with Crippen LogP contribution in [0.25, 0.3) is 16.0 Å². The van der Waals surface area contributed by atoms with Gasteiger partial charge in [-0.3, -0.25) is 4.79 Å². The maximum absolute atomic E-state index is 11.5. The fourth-order valence-electron chi connectivity index (χ4n) is 3.04. The molecule has 0 bridgehead atoms. The van der Waals surface area contributed by atoms with E-state index in [2.05, 4.69) is 25.1 Å². The molecule has 0 radical (unpaired) electrons. The Bertz CT molecular complexity index is 1160. The van der Waals surface area contributed by atoms with E-state index in [9.17, 15) is 4.79 Å². The third-order valence-electron chi connectivity index (χ3n) is 4.50. The summed E-state index contributed by atoms with van der Waals surface area (Å²) >= 11 is 1.48. The predicted octanol–water partition coefficient (Wildman–Crippen LogP) is 2.02. The van der Waals surface area contributed by atoms with Crippen molar-refractivity contribution in [2.75, 3.05) is 25.6 Å². The fourth-order valence-corrected chi connectivity index (χ4v) is 4.05. The van der Waals surface area contributed by atoms with Crippen LogP contribution in [0.3, 0.4) is 0 Å². The Balaban J connectivity index is 1.60. The van der Waals surface area contributed by atoms with Crippen molar-refractivity contribution >= 4 is 34.7 Å². The number of aromatic nitrogens is 4. The Morgan fingerprint density at radius 1 is 1.37 bits per heavy atom. The Hall–Kier alpha value is -3.52. The number of carbonyl (C=O) groups excluding carboxylic acids is 1. The zero-order valence-electron chi connectivity index (χ0n) is 16.2. The van der Waals surface area contributed by atoms with Crippen LogP contribution in [0.5, 0.6) is 11.5 Å². The summed E-state index contributed by atoms with van der Waals surface area (Å²) in [6.07, 6.45) is 2.06. The second-order valence-electron chi connectivity index (χ2n) is 6.57. The predicted molar refractivity (Wildman–Crippen MR) is 110 cm³/mol. The van der Waals surface area contributed by atoms with Gasteiger partial charge in [-0.25, -0.2) is 21.5 Å². The molecule has 1 aliphatic rings. The molecule has 3 N–H and O–H groups in total. The monoisotopic (exact) mass is 425 g/mol. The molecule has 0 aliphatic carbocycles. The third-order valence-corrected chi connectivity index (χ3v) is 5.65. The normalized spacial score (nSPS) is 12.1. The van der Waals surface area contributed by atoms with Gasteiger partial charge in [0.05, 0.1) is 0 Å². The molecule has 0 atom stereocenters. The molecule has 0 unspecified atom stereocenters. The summed E-state index contributed by atoms with van der Waals surface area (Å²) in [4.78, 5) is 28.6. The van der Waals surface area contributed by atoms with E-state index < -0.39 is 0 Å². The smallest absolute Gasteiger partial charge is 0.300 e. The lowest BCUT2D eigenvalue weighted by Gasteiger charge is -2.10. The van der Waals surface area contributed by atoms with Crippen LogP contribution in [0.15, 0.2) is 28.5 Å². The third kappa shape index (κ3) is 3.95. The zero-order valence-corrected chi connectivity index (χ0v) is 17.0. The minimum absolute atomic E-state index is 0.164. The van der Waals surface area contributed by atoms with Crippen molar-refractivity contribution in [3.63, 3.8) is 0 Å². The Morgan fingerprint density at radius 2 is 2.17 bits per heavy atom. The highest BCUT2D eigenvalue weighted by Gasteiger charge is 2.20. The first-order chi connectivity index (χ1) is 14.6. The molecule has 0 saturated heterocycles. The maximum Gasteiger partial charge on any atom is 0.300 e. The van der Waals surface area contributed by atoms with E-state index in [1.807, 2.05) is 23.6 Å². The Kier molecular flexibility index (Phi) is 5.58. The summed E-state index contributed by atoms with van der Waals surface area (Å²) in [7, 11) is 0. The van der Waals surface area contributed by atoms with Gasteiger partial charge in [0, 0.05) is 18.0 Å². The lowest BCUT2D eigenvalue weighted by molar-refractivity contribution is -0.119. The molecule has 3 aromatic rings. The molecule has 0 saturated carbocycles. The van der Waals surface area contributed by atoms with Crippen molar-refractivity contribution in [3.05, 3.63) is 35.4 Å². The number of anilines is 1. The maximum atomic E-state index is 11.5. The quantitative estimate of drug-likeness (QED) is 0.436. The van der Waals surface area contributed by atoms with Crippen LogP contribution in [-0.2, 0) is 11.3 Å². The minimum Gasteiger partial charge on any atom is -0.454 e. The van der Waals surface area contributed by atoms with Crippen molar-refractivity contribution in [3.8, 4) is 11.5 Å². The molecule has 1 aliphatic heterocycles. The van der Waals surface area contributed by atoms with Crippen LogP contribution >= 0.6 is 11.8 Å². The molecule has 3 heterocycles. The van der Waals surface area contributed by atoms with Crippen molar-refractivity contribution in [2.45, 2.75) is 29.9 Å². The SMILES string of the molecule is [C-]#[N+]CC(=O)NCCCn1c(Sc2cc3c(cc2C)OCO3)nc2c(N)ncnc21. The average molecular weight is 425 g/mol. The number of benzene rings is 1. The summed E-state index contributed by atoms with van der Waals surface area (Å²) in [6.45, 7) is 9.80. The van der Waals surface area contributed by atoms with E-state index >= 15 is 0 Å². The molecule has 2 aromatic heterocycles. The highest BCUT2D eigenvalue weighted by Crippen LogP contribution is 2.40. The van der Waals surface area contributed by atoms with Gasteiger partial charge in [-0.05, 0) is 31.0 Å². The van der Waals surface area contributed by atoms with Crippen LogP contribution < -0.4 is 20.5 Å². The Labute approximate surface area is 176 Å². The number of nitrogens with one attached hydrogen (secondary N) is 1. The van der Waals surface area contributed by atoms with E-state index in [4.69, 9.17) is 21.8 Å². The number of hydrogen-bond donors (Lipinski definition) is 2. The standard InChI is InChI=1S/C19H19N7O3S/c1-11-6-12-13(29-10-28-12)7-14(11)30-19-25-16-17(20)23-9-24-18(16)26(19)5-3-4-22-15(27)8-21-2/h6-7,9H,3-5,8,10H2,1H3,(H,22,27)(H2,20,23,24). The first-order valence-electron chi connectivity index (χ1n) is 9.21. The average Bonchev–Trinajstić information content (AvgIpc) is 3.31. The molecule has 11 heteroatoms. The molecule has 0 spiro atoms. The van der Waals surface area contributed by atoms with Gasteiger partial charge >= 0.3 is 0 Å². The van der Waals surface area contributed by atoms with Gasteiger partial charge in [0.2, 0.25) is 6.79 Å². The lowest BCUT2D eigenvalue weighted by atomic mass is 10.2. The summed E-state index contributed by atoms with van der Waals surface area (Å²) in [5.41, 5.74) is 8.21. The van der Waals surface area contributed by atoms with Gasteiger partial charge in [-0.2, -0.15) is 0 Å². The van der Waals surface area contributed by atoms with Gasteiger partial charge < -0.3 is 29.9 Å². The van der Waals surface area contributed by atoms with E-state index in [-0.39, 0.29) is 19.2 Å². The largest absolute Gasteiger partial charge is 0.454 e. The molecule has 0 fully saturated rings. The number of nitrogens with two attached hydrogens (primary N) is 1. The number of nitrogens with zero attached hydrogens (tertiary/aromatic N) is 5. The van der Waals surface area contributed by atoms with Crippen molar-refractivity contribution < 1.29 is 14.3 Å². The van der Waals surface area contributed by atoms with Gasteiger partial charge in [0.25, 0.3) is 12.5 Å². The first kappa shape index (κ1) is 19.8. The second kappa shape index (κ2) is 8.46. The van der Waals surface area contributed by atoms with Crippen LogP contribution in [-0.4, -0.2) is 45.3 Å². The van der Waals surface area contributed by atoms with Crippen LogP contribution in [0.4, 0.5) is 5.82 Å². The van der Waals surface area contributed by atoms with Crippen LogP contribution in [0.1, 0.15) is 12.0 Å². The van der Waals surface area contributed by atoms with E-state index in [0.29, 0.717) is 47.4 Å². The van der Waals surface area contributed by atoms with E-state index in [0.717, 1.165) is 16.2 Å². The molecular weight excluding hydrogens is 406 g/mol. The number of fused-ring (bicyclic) bond motifs is 2. The highest BCUT2D eigenvalue weighted by molar-refractivity contribution is 7.99. The number of amides is 1. The lowest BCUT2D eigenvalue weighted by Crippen LogP contribution is -2.26. The van der Waals surface area contributed by atoms with E-state index in [1.165, 1.54) is 18.1 Å². The van der Waals surface area contributed by atoms with Gasteiger partial charge in [-0.15, -0.1) is 0 Å². The zero-order chi connectivity index (χ0) is 21.1. The number of rotatable bonds is 7. The number of carbonyl (C=O) groups is 1. The fraction of sp³-hybridized carbons (Fsp3) is 0.316. The number of hydrogen-bond acceptors (Lipinski definition) is 8. The molecule has 30 heavy (non-hydrogen) atoms. The molecular formula is C19H19N7O3S. The Morgan fingerprint density at radius 3 is 2.97 bits per heavy atom. The number of imidazole rings is 1. The van der Waals surface area contributed by atoms with Gasteiger partial charge in [-0.1, -0.05) is 11.8 Å². The number of aryl methyl sites for hydroxylation is 2. The summed E-state index contributed by atoms with van der Waals surface area (Å²) in [6, 6.07) is 3.88. The van der Waals surface area contributed by atoms with Crippen molar-refractivity contribution in [1.82, 2.24) is 24.8 Å². The topological polar surface area (TPSA) is 122 Å². The van der Waals surface area contributed by atoms with E-state index in [1.54, 1.807) is 0 Å². The van der Waals surface area contributed by atoms with Gasteiger partial charge in [0.15, 0.2) is 33.6 Å². The van der Waals surface area contributed by atoms with Crippen LogP contribution in [0.2, 0.25) is 0 Å². The molecule has 154 valence electrons. The summed E-state index contributed by atoms with van der Waals surface area (Å²) < 4.78 is 12.9. The number of ether oxygens (including phenoxy) is 2. The van der Waals surface area contributed by atoms with Crippen LogP contribution in [0, 0.1) is 13.5 Å². The first-order valence-corrected chi connectivity index (χ1v) is 10.0. The molecule has 1 aromatic carbocycles. The number of nitrogen functional groups attached to an aromatic ring is 1. The van der Waals surface area contributed by atoms with Crippen molar-refractivity contribution in [2.24, 2.45) is 0 Å². The second-order valence-corrected chi connectivity index (χ2v) is 7.58. The summed E-state index contributed by atoms with van der Waals surface area (Å²) in [5.74, 6) is 1.47. The molecule has 1 amide bonds. The highest BCUT2D eigenvalue weighted by atomic mass is 32.2. The minimum atomic E-state index is -0.280. The molecule has 4 rings (SSSR count). The van der Waals surface area contributed by atoms with Crippen molar-refractivity contribution in [1.29, 1.82) is 0 Å².